The first kappa shape index (κ1) is 17.4. The molecule has 0 aliphatic carbocycles. The number of β-amino-alcohol motifs (C(OH)–C–C–N with tert-alkyl or cyclic N) is 1. The average molecular weight is 347 g/mol. The van der Waals surface area contributed by atoms with Crippen LogP contribution in [0, 0.1) is 11.6 Å². The Morgan fingerprint density at radius 1 is 1.16 bits per heavy atom. The van der Waals surface area contributed by atoms with Crippen LogP contribution in [0.4, 0.5) is 8.78 Å². The first-order chi connectivity index (χ1) is 12.0. The van der Waals surface area contributed by atoms with E-state index in [9.17, 15) is 18.7 Å². The van der Waals surface area contributed by atoms with Gasteiger partial charge in [0.15, 0.2) is 0 Å². The third-order valence-corrected chi connectivity index (χ3v) is 4.23. The lowest BCUT2D eigenvalue weighted by Gasteiger charge is -2.25. The van der Waals surface area contributed by atoms with E-state index in [1.807, 2.05) is 0 Å². The maximum Gasteiger partial charge on any atom is 0.226 e. The quantitative estimate of drug-likeness (QED) is 0.904. The molecule has 0 saturated carbocycles. The summed E-state index contributed by atoms with van der Waals surface area (Å²) in [4.78, 5) is 14.0. The number of carbonyl (C=O) groups excluding carboxylic acids is 1. The predicted molar refractivity (Wildman–Crippen MR) is 88.0 cm³/mol. The van der Waals surface area contributed by atoms with Gasteiger partial charge in [-0.25, -0.2) is 8.78 Å². The molecular weight excluding hydrogens is 328 g/mol. The van der Waals surface area contributed by atoms with Gasteiger partial charge >= 0.3 is 0 Å². The Bertz CT molecular complexity index is 736. The smallest absolute Gasteiger partial charge is 0.226 e. The van der Waals surface area contributed by atoms with Crippen LogP contribution in [0.2, 0.25) is 0 Å². The van der Waals surface area contributed by atoms with E-state index >= 15 is 0 Å². The van der Waals surface area contributed by atoms with E-state index in [2.05, 4.69) is 0 Å². The van der Waals surface area contributed by atoms with E-state index in [0.717, 1.165) is 0 Å². The minimum atomic E-state index is -0.629. The SMILES string of the molecule is O=C(CCOc1ccc(F)cc1)N1C[C@H](O)C[C@@H]1c1cccc(F)c1. The van der Waals surface area contributed by atoms with Crippen molar-refractivity contribution in [2.45, 2.75) is 25.0 Å². The Kier molecular flexibility index (Phi) is 5.28. The zero-order valence-corrected chi connectivity index (χ0v) is 13.6. The van der Waals surface area contributed by atoms with Crippen molar-refractivity contribution in [1.82, 2.24) is 4.90 Å². The molecule has 2 atom stereocenters. The third kappa shape index (κ3) is 4.33. The van der Waals surface area contributed by atoms with Crippen molar-refractivity contribution in [3.8, 4) is 5.75 Å². The van der Waals surface area contributed by atoms with E-state index in [1.54, 1.807) is 17.0 Å². The number of aliphatic hydroxyl groups excluding tert-OH is 1. The summed E-state index contributed by atoms with van der Waals surface area (Å²) in [6, 6.07) is 11.3. The number of rotatable bonds is 5. The van der Waals surface area contributed by atoms with Gasteiger partial charge in [0.1, 0.15) is 17.4 Å². The lowest BCUT2D eigenvalue weighted by Crippen LogP contribution is -2.32. The second-order valence-corrected chi connectivity index (χ2v) is 6.06. The van der Waals surface area contributed by atoms with Crippen LogP contribution in [0.3, 0.4) is 0 Å². The lowest BCUT2D eigenvalue weighted by atomic mass is 10.0. The van der Waals surface area contributed by atoms with Crippen molar-refractivity contribution in [2.24, 2.45) is 0 Å². The molecule has 1 saturated heterocycles. The molecule has 1 amide bonds. The summed E-state index contributed by atoms with van der Waals surface area (Å²) < 4.78 is 31.7. The van der Waals surface area contributed by atoms with E-state index in [1.165, 1.54) is 36.4 Å². The molecule has 2 aromatic carbocycles. The second kappa shape index (κ2) is 7.61. The van der Waals surface area contributed by atoms with Crippen LogP contribution >= 0.6 is 0 Å². The molecule has 3 rings (SSSR count). The van der Waals surface area contributed by atoms with Crippen molar-refractivity contribution in [3.63, 3.8) is 0 Å². The summed E-state index contributed by atoms with van der Waals surface area (Å²) in [6.07, 6.45) is -0.126. The highest BCUT2D eigenvalue weighted by atomic mass is 19.1. The Balaban J connectivity index is 1.60. The van der Waals surface area contributed by atoms with Gasteiger partial charge in [-0.05, 0) is 48.4 Å². The lowest BCUT2D eigenvalue weighted by molar-refractivity contribution is -0.133. The van der Waals surface area contributed by atoms with Gasteiger partial charge in [-0.1, -0.05) is 12.1 Å². The molecule has 0 unspecified atom stereocenters. The van der Waals surface area contributed by atoms with Crippen molar-refractivity contribution in [3.05, 3.63) is 65.7 Å². The summed E-state index contributed by atoms with van der Waals surface area (Å²) in [5.41, 5.74) is 0.671. The van der Waals surface area contributed by atoms with Gasteiger partial charge < -0.3 is 14.7 Å². The molecule has 1 fully saturated rings. The van der Waals surface area contributed by atoms with Gasteiger partial charge in [0.25, 0.3) is 0 Å². The molecule has 2 aromatic rings. The summed E-state index contributed by atoms with van der Waals surface area (Å²) in [5.74, 6) is -0.413. The zero-order valence-electron chi connectivity index (χ0n) is 13.6. The van der Waals surface area contributed by atoms with Gasteiger partial charge in [0.2, 0.25) is 5.91 Å². The van der Waals surface area contributed by atoms with Crippen LogP contribution in [0.5, 0.6) is 5.75 Å². The van der Waals surface area contributed by atoms with Crippen LogP contribution in [0.1, 0.15) is 24.4 Å². The maximum absolute atomic E-state index is 13.5. The topological polar surface area (TPSA) is 49.8 Å². The first-order valence-electron chi connectivity index (χ1n) is 8.14. The molecule has 1 aliphatic heterocycles. The van der Waals surface area contributed by atoms with E-state index in [-0.39, 0.29) is 43.2 Å². The number of hydrogen-bond acceptors (Lipinski definition) is 3. The molecular formula is C19H19F2NO3. The minimum absolute atomic E-state index is 0.121. The standard InChI is InChI=1S/C19H19F2NO3/c20-14-4-6-17(7-5-14)25-9-8-19(24)22-12-16(23)11-18(22)13-2-1-3-15(21)10-13/h1-7,10,16,18,23H,8-9,11-12H2/t16-,18-/m1/s1. The highest BCUT2D eigenvalue weighted by molar-refractivity contribution is 5.77. The number of ether oxygens (including phenoxy) is 1. The number of likely N-dealkylation sites (tertiary alicyclic amines) is 1. The molecule has 0 aromatic heterocycles. The third-order valence-electron chi connectivity index (χ3n) is 4.23. The van der Waals surface area contributed by atoms with Crippen molar-refractivity contribution in [2.75, 3.05) is 13.2 Å². The van der Waals surface area contributed by atoms with Gasteiger partial charge in [0, 0.05) is 6.54 Å². The van der Waals surface area contributed by atoms with Gasteiger partial charge in [-0.3, -0.25) is 4.79 Å². The fraction of sp³-hybridized carbons (Fsp3) is 0.316. The summed E-state index contributed by atoms with van der Waals surface area (Å²) in [6.45, 7) is 0.365. The number of amides is 1. The molecule has 1 aliphatic rings. The molecule has 0 spiro atoms. The molecule has 0 bridgehead atoms. The van der Waals surface area contributed by atoms with Crippen LogP contribution < -0.4 is 4.74 Å². The van der Waals surface area contributed by atoms with Crippen LogP contribution in [-0.4, -0.2) is 35.2 Å². The minimum Gasteiger partial charge on any atom is -0.493 e. The molecule has 1 N–H and O–H groups in total. The molecule has 132 valence electrons. The Morgan fingerprint density at radius 2 is 1.92 bits per heavy atom. The summed E-state index contributed by atoms with van der Waals surface area (Å²) in [5, 5.41) is 9.92. The molecule has 25 heavy (non-hydrogen) atoms. The maximum atomic E-state index is 13.5. The predicted octanol–water partition coefficient (Wildman–Crippen LogP) is 3.07. The van der Waals surface area contributed by atoms with Crippen LogP contribution in [0.25, 0.3) is 0 Å². The van der Waals surface area contributed by atoms with Gasteiger partial charge in [-0.15, -0.1) is 0 Å². The van der Waals surface area contributed by atoms with E-state index in [0.29, 0.717) is 17.7 Å². The highest BCUT2D eigenvalue weighted by Gasteiger charge is 2.35. The normalized spacial score (nSPS) is 19.9. The number of aliphatic hydroxyl groups is 1. The van der Waals surface area contributed by atoms with Crippen molar-refractivity contribution in [1.29, 1.82) is 0 Å². The second-order valence-electron chi connectivity index (χ2n) is 6.06. The Labute approximate surface area is 144 Å². The van der Waals surface area contributed by atoms with Gasteiger partial charge in [-0.2, -0.15) is 0 Å². The van der Waals surface area contributed by atoms with Crippen molar-refractivity contribution < 1.29 is 23.4 Å². The molecule has 4 nitrogen and oxygen atoms in total. The van der Waals surface area contributed by atoms with Gasteiger partial charge in [0.05, 0.1) is 25.2 Å². The highest BCUT2D eigenvalue weighted by Crippen LogP contribution is 2.33. The Hall–Kier alpha value is -2.47. The van der Waals surface area contributed by atoms with Crippen LogP contribution in [0.15, 0.2) is 48.5 Å². The largest absolute Gasteiger partial charge is 0.493 e. The Morgan fingerprint density at radius 3 is 2.64 bits per heavy atom. The molecule has 1 heterocycles. The summed E-state index contributed by atoms with van der Waals surface area (Å²) in [7, 11) is 0. The number of nitrogens with zero attached hydrogens (tertiary/aromatic N) is 1. The molecule has 0 radical (unpaired) electrons. The van der Waals surface area contributed by atoms with E-state index in [4.69, 9.17) is 4.74 Å². The van der Waals surface area contributed by atoms with E-state index < -0.39 is 6.10 Å². The summed E-state index contributed by atoms with van der Waals surface area (Å²) >= 11 is 0. The van der Waals surface area contributed by atoms with Crippen LogP contribution in [-0.2, 0) is 4.79 Å². The first-order valence-corrected chi connectivity index (χ1v) is 8.14. The molecule has 6 heteroatoms. The van der Waals surface area contributed by atoms with Crippen molar-refractivity contribution >= 4 is 5.91 Å². The number of hydrogen-bond donors (Lipinski definition) is 1. The fourth-order valence-electron chi connectivity index (χ4n) is 3.05. The number of benzene rings is 2. The zero-order chi connectivity index (χ0) is 17.8. The number of carbonyl (C=O) groups is 1. The average Bonchev–Trinajstić information content (AvgIpc) is 2.99. The number of halogens is 2. The monoisotopic (exact) mass is 347 g/mol. The fourth-order valence-corrected chi connectivity index (χ4v) is 3.05.